The predicted molar refractivity (Wildman–Crippen MR) is 53.5 cm³/mol. The minimum absolute atomic E-state index is 0.117. The molecule has 0 radical (unpaired) electrons. The highest BCUT2D eigenvalue weighted by molar-refractivity contribution is 6.11. The zero-order valence-electron chi connectivity index (χ0n) is 8.08. The maximum absolute atomic E-state index is 11.8. The van der Waals surface area contributed by atoms with E-state index in [2.05, 4.69) is 20.2 Å². The molecule has 0 bridgehead atoms. The lowest BCUT2D eigenvalue weighted by atomic mass is 10.2. The average molecular weight is 202 g/mol. The van der Waals surface area contributed by atoms with Gasteiger partial charge >= 0.3 is 0 Å². The highest BCUT2D eigenvalue weighted by Crippen LogP contribution is 2.47. The van der Waals surface area contributed by atoms with Gasteiger partial charge in [0, 0.05) is 6.20 Å². The van der Waals surface area contributed by atoms with Gasteiger partial charge < -0.3 is 9.88 Å². The predicted octanol–water partition coefficient (Wildman–Crippen LogP) is 0.480. The van der Waals surface area contributed by atoms with Crippen molar-refractivity contribution in [2.45, 2.75) is 24.9 Å². The van der Waals surface area contributed by atoms with Crippen molar-refractivity contribution in [3.63, 3.8) is 0 Å². The number of aliphatic imine (C=N–C) groups is 1. The van der Waals surface area contributed by atoms with Crippen LogP contribution in [0.15, 0.2) is 17.3 Å². The van der Waals surface area contributed by atoms with Gasteiger partial charge in [0.15, 0.2) is 0 Å². The molecule has 4 rings (SSSR count). The van der Waals surface area contributed by atoms with Gasteiger partial charge in [-0.2, -0.15) is 0 Å². The van der Waals surface area contributed by atoms with Crippen LogP contribution in [0.1, 0.15) is 18.5 Å². The molecule has 3 aliphatic rings. The van der Waals surface area contributed by atoms with Gasteiger partial charge in [0.2, 0.25) is 5.96 Å². The van der Waals surface area contributed by atoms with Crippen molar-refractivity contribution in [1.29, 1.82) is 0 Å². The Morgan fingerprint density at radius 3 is 3.13 bits per heavy atom. The number of nitrogens with zero attached hydrogens (tertiary/aromatic N) is 2. The lowest BCUT2D eigenvalue weighted by Gasteiger charge is -2.26. The van der Waals surface area contributed by atoms with Crippen LogP contribution in [0, 0.1) is 0 Å². The molecule has 2 aliphatic heterocycles. The topological polar surface area (TPSA) is 60.5 Å². The highest BCUT2D eigenvalue weighted by Gasteiger charge is 2.61. The van der Waals surface area contributed by atoms with Crippen molar-refractivity contribution in [1.82, 2.24) is 15.2 Å². The van der Waals surface area contributed by atoms with Crippen molar-refractivity contribution in [3.8, 4) is 0 Å². The largest absolute Gasteiger partial charge is 0.362 e. The molecule has 1 saturated carbocycles. The first-order chi connectivity index (χ1) is 7.29. The third kappa shape index (κ3) is 0.751. The lowest BCUT2D eigenvalue weighted by Crippen LogP contribution is -2.38. The number of guanidine groups is 1. The van der Waals surface area contributed by atoms with E-state index < -0.39 is 0 Å². The second kappa shape index (κ2) is 2.08. The van der Waals surface area contributed by atoms with Crippen molar-refractivity contribution < 1.29 is 4.79 Å². The number of H-pyrrole nitrogens is 1. The van der Waals surface area contributed by atoms with E-state index in [-0.39, 0.29) is 11.4 Å². The fourth-order valence-electron chi connectivity index (χ4n) is 2.44. The molecule has 5 heteroatoms. The van der Waals surface area contributed by atoms with Gasteiger partial charge in [0.05, 0.1) is 17.9 Å². The van der Waals surface area contributed by atoms with Gasteiger partial charge in [0.25, 0.3) is 5.91 Å². The molecule has 2 fully saturated rings. The van der Waals surface area contributed by atoms with Crippen LogP contribution in [-0.2, 0) is 11.3 Å². The van der Waals surface area contributed by atoms with Gasteiger partial charge in [-0.1, -0.05) is 0 Å². The first kappa shape index (κ1) is 7.50. The van der Waals surface area contributed by atoms with Crippen LogP contribution >= 0.6 is 0 Å². The molecule has 1 spiro atoms. The number of aromatic nitrogens is 1. The molecule has 0 aromatic carbocycles. The van der Waals surface area contributed by atoms with Gasteiger partial charge in [-0.05, 0) is 18.9 Å². The zero-order valence-corrected chi connectivity index (χ0v) is 8.08. The van der Waals surface area contributed by atoms with Crippen LogP contribution in [0.3, 0.4) is 0 Å². The minimum Gasteiger partial charge on any atom is -0.362 e. The Balaban J connectivity index is 1.86. The van der Waals surface area contributed by atoms with E-state index >= 15 is 0 Å². The van der Waals surface area contributed by atoms with Crippen molar-refractivity contribution in [2.75, 3.05) is 0 Å². The third-order valence-electron chi connectivity index (χ3n) is 3.49. The molecule has 76 valence electrons. The Hall–Kier alpha value is -1.78. The number of carbonyl (C=O) groups is 1. The molecule has 3 heterocycles. The Morgan fingerprint density at radius 2 is 2.33 bits per heavy atom. The molecule has 2 N–H and O–H groups in total. The number of fused-ring (bicyclic) bond motifs is 3. The molecule has 15 heavy (non-hydrogen) atoms. The third-order valence-corrected chi connectivity index (χ3v) is 3.49. The molecule has 1 aromatic rings. The van der Waals surface area contributed by atoms with Crippen LogP contribution in [0.5, 0.6) is 0 Å². The summed E-state index contributed by atoms with van der Waals surface area (Å²) in [5.74, 6) is 0.844. The van der Waals surface area contributed by atoms with Crippen LogP contribution in [0.25, 0.3) is 0 Å². The summed E-state index contributed by atoms with van der Waals surface area (Å²) >= 11 is 0. The van der Waals surface area contributed by atoms with Gasteiger partial charge in [-0.25, -0.2) is 4.99 Å². The van der Waals surface area contributed by atoms with E-state index in [4.69, 9.17) is 0 Å². The summed E-state index contributed by atoms with van der Waals surface area (Å²) in [5.41, 5.74) is 1.78. The molecule has 0 unspecified atom stereocenters. The summed E-state index contributed by atoms with van der Waals surface area (Å²) in [6.45, 7) is 0.764. The summed E-state index contributed by atoms with van der Waals surface area (Å²) in [7, 11) is 0. The Morgan fingerprint density at radius 1 is 1.47 bits per heavy atom. The second-order valence-corrected chi connectivity index (χ2v) is 4.35. The molecule has 1 saturated heterocycles. The highest BCUT2D eigenvalue weighted by atomic mass is 16.2. The maximum atomic E-state index is 11.8. The van der Waals surface area contributed by atoms with Gasteiger partial charge in [0.1, 0.15) is 5.54 Å². The molecule has 1 aromatic heterocycles. The van der Waals surface area contributed by atoms with E-state index in [0.717, 1.165) is 36.7 Å². The second-order valence-electron chi connectivity index (χ2n) is 4.35. The van der Waals surface area contributed by atoms with Crippen LogP contribution in [-0.4, -0.2) is 27.3 Å². The number of rotatable bonds is 0. The van der Waals surface area contributed by atoms with Crippen molar-refractivity contribution in [2.24, 2.45) is 4.99 Å². The van der Waals surface area contributed by atoms with Gasteiger partial charge in [-0.3, -0.25) is 10.1 Å². The number of carbonyl (C=O) groups excluding carboxylic acids is 1. The van der Waals surface area contributed by atoms with Crippen molar-refractivity contribution in [3.05, 3.63) is 18.0 Å². The van der Waals surface area contributed by atoms with Gasteiger partial charge in [-0.15, -0.1) is 0 Å². The lowest BCUT2D eigenvalue weighted by molar-refractivity contribution is -0.122. The molecule has 1 amide bonds. The quantitative estimate of drug-likeness (QED) is 0.642. The Bertz CT molecular complexity index is 497. The monoisotopic (exact) mass is 202 g/mol. The first-order valence-corrected chi connectivity index (χ1v) is 5.14. The fraction of sp³-hybridized carbons (Fsp3) is 0.400. The maximum Gasteiger partial charge on any atom is 0.252 e. The zero-order chi connectivity index (χ0) is 10.0. The summed E-state index contributed by atoms with van der Waals surface area (Å²) in [5, 5.41) is 2.86. The first-order valence-electron chi connectivity index (χ1n) is 5.14. The summed E-state index contributed by atoms with van der Waals surface area (Å²) in [6.07, 6.45) is 3.79. The molecular weight excluding hydrogens is 192 g/mol. The number of amides is 1. The number of aromatic amines is 1. The van der Waals surface area contributed by atoms with E-state index in [1.54, 1.807) is 0 Å². The summed E-state index contributed by atoms with van der Waals surface area (Å²) in [4.78, 5) is 21.4. The van der Waals surface area contributed by atoms with E-state index in [0.29, 0.717) is 0 Å². The summed E-state index contributed by atoms with van der Waals surface area (Å²) in [6, 6.07) is 1.93. The summed E-state index contributed by atoms with van der Waals surface area (Å²) < 4.78 is 0. The molecule has 1 aliphatic carbocycles. The van der Waals surface area contributed by atoms with Crippen LogP contribution < -0.4 is 5.32 Å². The normalized spacial score (nSPS) is 24.7. The van der Waals surface area contributed by atoms with E-state index in [1.165, 1.54) is 0 Å². The Kier molecular flexibility index (Phi) is 1.04. The van der Waals surface area contributed by atoms with Crippen LogP contribution in [0.4, 0.5) is 5.69 Å². The number of hydrogen-bond acceptors (Lipinski definition) is 3. The Labute approximate surface area is 86.2 Å². The van der Waals surface area contributed by atoms with E-state index in [9.17, 15) is 4.79 Å². The smallest absolute Gasteiger partial charge is 0.252 e. The minimum atomic E-state index is -0.262. The van der Waals surface area contributed by atoms with Crippen molar-refractivity contribution >= 4 is 17.6 Å². The standard InChI is InChI=1S/C10H10N4O/c15-8-10(2-3-10)14-5-7-6(1-4-11-7)12-9(14)13-8/h1,4,11H,2-3,5H2,(H,12,13,15). The number of nitrogens with one attached hydrogen (secondary N) is 2. The molecule has 0 atom stereocenters. The molecular formula is C10H10N4O. The average Bonchev–Trinajstić information content (AvgIpc) is 2.83. The SMILES string of the molecule is O=C1NC2=Nc3cc[nH]c3CN2C12CC2. The van der Waals surface area contributed by atoms with Crippen LogP contribution in [0.2, 0.25) is 0 Å². The van der Waals surface area contributed by atoms with E-state index in [1.807, 2.05) is 12.3 Å². The molecule has 5 nitrogen and oxygen atoms in total. The fourth-order valence-corrected chi connectivity index (χ4v) is 2.44. The number of hydrogen-bond donors (Lipinski definition) is 2.